The molecule has 0 saturated carbocycles. The molecule has 9 heteroatoms. The third-order valence-electron chi connectivity index (χ3n) is 4.48. The lowest BCUT2D eigenvalue weighted by Gasteiger charge is -2.24. The van der Waals surface area contributed by atoms with Crippen LogP contribution in [-0.2, 0) is 14.8 Å². The van der Waals surface area contributed by atoms with Crippen LogP contribution in [0.1, 0.15) is 0 Å². The van der Waals surface area contributed by atoms with Crippen molar-refractivity contribution in [2.75, 3.05) is 31.1 Å². The van der Waals surface area contributed by atoms with Crippen LogP contribution in [0.2, 0.25) is 0 Å². The lowest BCUT2D eigenvalue weighted by Crippen LogP contribution is -2.41. The molecule has 0 radical (unpaired) electrons. The summed E-state index contributed by atoms with van der Waals surface area (Å²) in [5.74, 6) is 0.0558. The minimum atomic E-state index is -4.04. The number of carbonyl (C=O) groups excluding carboxylic acids is 1. The van der Waals surface area contributed by atoms with E-state index in [9.17, 15) is 17.6 Å². The van der Waals surface area contributed by atoms with Crippen molar-refractivity contribution in [2.45, 2.75) is 4.90 Å². The molecule has 3 rings (SSSR count). The molecule has 0 fully saturated rings. The number of hydrogen-bond donors (Lipinski definition) is 1. The summed E-state index contributed by atoms with van der Waals surface area (Å²) in [7, 11) is -2.51. The number of amides is 1. The van der Waals surface area contributed by atoms with E-state index >= 15 is 0 Å². The van der Waals surface area contributed by atoms with E-state index in [0.717, 1.165) is 16.4 Å². The van der Waals surface area contributed by atoms with E-state index in [1.54, 1.807) is 36.4 Å². The molecule has 32 heavy (non-hydrogen) atoms. The average Bonchev–Trinajstić information content (AvgIpc) is 2.81. The van der Waals surface area contributed by atoms with Gasteiger partial charge in [0.25, 0.3) is 10.0 Å². The van der Waals surface area contributed by atoms with Gasteiger partial charge in [0.1, 0.15) is 19.0 Å². The lowest BCUT2D eigenvalue weighted by atomic mass is 10.3. The van der Waals surface area contributed by atoms with Gasteiger partial charge in [-0.25, -0.2) is 12.8 Å². The Morgan fingerprint density at radius 2 is 1.56 bits per heavy atom. The third kappa shape index (κ3) is 5.76. The number of rotatable bonds is 10. The molecule has 1 amide bonds. The number of hydrogen-bond acceptors (Lipinski definition) is 5. The van der Waals surface area contributed by atoms with Crippen LogP contribution in [0, 0.1) is 5.82 Å². The van der Waals surface area contributed by atoms with Crippen LogP contribution in [0.5, 0.6) is 11.5 Å². The first-order chi connectivity index (χ1) is 15.4. The van der Waals surface area contributed by atoms with E-state index in [1.807, 2.05) is 6.07 Å². The second-order valence-electron chi connectivity index (χ2n) is 6.65. The molecule has 168 valence electrons. The lowest BCUT2D eigenvalue weighted by molar-refractivity contribution is -0.119. The maximum Gasteiger partial charge on any atom is 0.264 e. The molecule has 0 saturated heterocycles. The Morgan fingerprint density at radius 1 is 0.938 bits per heavy atom. The topological polar surface area (TPSA) is 84.9 Å². The zero-order chi connectivity index (χ0) is 23.0. The SMILES string of the molecule is COc1ccccc1OCCNC(=O)CN(c1ccc(F)cc1)S(=O)(=O)c1ccccc1. The minimum Gasteiger partial charge on any atom is -0.493 e. The molecule has 0 heterocycles. The minimum absolute atomic E-state index is 0.0247. The molecule has 0 bridgehead atoms. The van der Waals surface area contributed by atoms with Gasteiger partial charge in [-0.3, -0.25) is 9.10 Å². The number of sulfonamides is 1. The zero-order valence-electron chi connectivity index (χ0n) is 17.4. The first-order valence-electron chi connectivity index (χ1n) is 9.77. The van der Waals surface area contributed by atoms with E-state index in [2.05, 4.69) is 5.32 Å². The monoisotopic (exact) mass is 458 g/mol. The van der Waals surface area contributed by atoms with Crippen molar-refractivity contribution in [1.29, 1.82) is 0 Å². The van der Waals surface area contributed by atoms with Crippen LogP contribution in [0.15, 0.2) is 83.8 Å². The highest BCUT2D eigenvalue weighted by Gasteiger charge is 2.27. The molecule has 0 unspecified atom stereocenters. The van der Waals surface area contributed by atoms with Crippen molar-refractivity contribution in [3.8, 4) is 11.5 Å². The number of para-hydroxylation sites is 2. The fourth-order valence-corrected chi connectivity index (χ4v) is 4.36. The molecule has 0 spiro atoms. The van der Waals surface area contributed by atoms with E-state index in [1.165, 1.54) is 31.4 Å². The van der Waals surface area contributed by atoms with Crippen LogP contribution in [0.4, 0.5) is 10.1 Å². The van der Waals surface area contributed by atoms with Gasteiger partial charge in [0.2, 0.25) is 5.91 Å². The predicted octanol–water partition coefficient (Wildman–Crippen LogP) is 3.22. The first kappa shape index (κ1) is 23.1. The predicted molar refractivity (Wildman–Crippen MR) is 119 cm³/mol. The van der Waals surface area contributed by atoms with Crippen LogP contribution >= 0.6 is 0 Å². The molecule has 3 aromatic rings. The first-order valence-corrected chi connectivity index (χ1v) is 11.2. The number of halogens is 1. The maximum atomic E-state index is 13.4. The number of benzene rings is 3. The molecule has 3 aromatic carbocycles. The second-order valence-corrected chi connectivity index (χ2v) is 8.51. The average molecular weight is 459 g/mol. The van der Waals surface area contributed by atoms with Gasteiger partial charge in [-0.05, 0) is 48.5 Å². The summed E-state index contributed by atoms with van der Waals surface area (Å²) < 4.78 is 51.4. The number of ether oxygens (including phenoxy) is 2. The van der Waals surface area contributed by atoms with E-state index < -0.39 is 28.3 Å². The Kier molecular flexibility index (Phi) is 7.67. The van der Waals surface area contributed by atoms with Gasteiger partial charge >= 0.3 is 0 Å². The quantitative estimate of drug-likeness (QED) is 0.472. The Balaban J connectivity index is 1.68. The molecule has 1 N–H and O–H groups in total. The van der Waals surface area contributed by atoms with Gasteiger partial charge in [-0.1, -0.05) is 30.3 Å². The number of methoxy groups -OCH3 is 1. The van der Waals surface area contributed by atoms with Crippen molar-refractivity contribution < 1.29 is 27.1 Å². The van der Waals surface area contributed by atoms with Gasteiger partial charge in [0, 0.05) is 0 Å². The highest BCUT2D eigenvalue weighted by atomic mass is 32.2. The van der Waals surface area contributed by atoms with E-state index in [4.69, 9.17) is 9.47 Å². The molecular weight excluding hydrogens is 435 g/mol. The second kappa shape index (κ2) is 10.6. The zero-order valence-corrected chi connectivity index (χ0v) is 18.2. The highest BCUT2D eigenvalue weighted by Crippen LogP contribution is 2.26. The number of anilines is 1. The fourth-order valence-electron chi connectivity index (χ4n) is 2.92. The molecule has 7 nitrogen and oxygen atoms in total. The van der Waals surface area contributed by atoms with E-state index in [0.29, 0.717) is 11.5 Å². The van der Waals surface area contributed by atoms with Crippen LogP contribution in [0.3, 0.4) is 0 Å². The van der Waals surface area contributed by atoms with Gasteiger partial charge in [-0.2, -0.15) is 0 Å². The highest BCUT2D eigenvalue weighted by molar-refractivity contribution is 7.92. The standard InChI is InChI=1S/C23H23FN2O5S/c1-30-21-9-5-6-10-22(21)31-16-15-25-23(27)17-26(19-13-11-18(24)12-14-19)32(28,29)20-7-3-2-4-8-20/h2-14H,15-17H2,1H3,(H,25,27). The van der Waals surface area contributed by atoms with Crippen molar-refractivity contribution in [3.63, 3.8) is 0 Å². The van der Waals surface area contributed by atoms with Crippen molar-refractivity contribution in [1.82, 2.24) is 5.32 Å². The summed E-state index contributed by atoms with van der Waals surface area (Å²) in [5.41, 5.74) is 0.177. The molecule has 0 aliphatic carbocycles. The maximum absolute atomic E-state index is 13.4. The summed E-state index contributed by atoms with van der Waals surface area (Å²) in [6, 6.07) is 19.7. The third-order valence-corrected chi connectivity index (χ3v) is 6.27. The van der Waals surface area contributed by atoms with Crippen LogP contribution in [0.25, 0.3) is 0 Å². The van der Waals surface area contributed by atoms with Crippen molar-refractivity contribution >= 4 is 21.6 Å². The molecular formula is C23H23FN2O5S. The summed E-state index contributed by atoms with van der Waals surface area (Å²) >= 11 is 0. The molecule has 0 aliphatic rings. The summed E-state index contributed by atoms with van der Waals surface area (Å²) in [5, 5.41) is 2.64. The molecule has 0 atom stereocenters. The Morgan fingerprint density at radius 3 is 2.22 bits per heavy atom. The normalized spacial score (nSPS) is 10.9. The Hall–Kier alpha value is -3.59. The molecule has 0 aromatic heterocycles. The van der Waals surface area contributed by atoms with Gasteiger partial charge in [0.05, 0.1) is 24.2 Å². The van der Waals surface area contributed by atoms with Crippen molar-refractivity contribution in [3.05, 3.63) is 84.7 Å². The smallest absolute Gasteiger partial charge is 0.264 e. The van der Waals surface area contributed by atoms with Gasteiger partial charge in [0.15, 0.2) is 11.5 Å². The van der Waals surface area contributed by atoms with Crippen LogP contribution in [-0.4, -0.2) is 41.1 Å². The fraction of sp³-hybridized carbons (Fsp3) is 0.174. The largest absolute Gasteiger partial charge is 0.493 e. The van der Waals surface area contributed by atoms with Gasteiger partial charge < -0.3 is 14.8 Å². The van der Waals surface area contributed by atoms with E-state index in [-0.39, 0.29) is 23.7 Å². The number of carbonyl (C=O) groups is 1. The van der Waals surface area contributed by atoms with Crippen molar-refractivity contribution in [2.24, 2.45) is 0 Å². The number of nitrogens with one attached hydrogen (secondary N) is 1. The Labute approximate surface area is 186 Å². The summed E-state index contributed by atoms with van der Waals surface area (Å²) in [6.45, 7) is -0.162. The summed E-state index contributed by atoms with van der Waals surface area (Å²) in [6.07, 6.45) is 0. The summed E-state index contributed by atoms with van der Waals surface area (Å²) in [4.78, 5) is 12.6. The Bertz CT molecular complexity index is 1140. The van der Waals surface area contributed by atoms with Crippen LogP contribution < -0.4 is 19.1 Å². The van der Waals surface area contributed by atoms with Gasteiger partial charge in [-0.15, -0.1) is 0 Å². The number of nitrogens with zero attached hydrogens (tertiary/aromatic N) is 1. The molecule has 0 aliphatic heterocycles.